The number of thioether (sulfide) groups is 1. The van der Waals surface area contributed by atoms with Crippen molar-refractivity contribution in [2.75, 3.05) is 18.6 Å². The SMILES string of the molecule is CSCCn1cccc(CCN2C(=O)c3ccccc3C2=O)c1=O. The van der Waals surface area contributed by atoms with Gasteiger partial charge in [0.25, 0.3) is 17.4 Å². The van der Waals surface area contributed by atoms with Gasteiger partial charge in [-0.15, -0.1) is 0 Å². The Labute approximate surface area is 144 Å². The molecule has 0 aliphatic carbocycles. The van der Waals surface area contributed by atoms with Crippen molar-refractivity contribution in [3.8, 4) is 0 Å². The first-order valence-electron chi connectivity index (χ1n) is 7.76. The Kier molecular flexibility index (Phi) is 4.85. The molecule has 0 atom stereocenters. The van der Waals surface area contributed by atoms with Crippen molar-refractivity contribution in [3.05, 3.63) is 69.6 Å². The molecule has 24 heavy (non-hydrogen) atoms. The molecule has 2 amide bonds. The number of benzene rings is 1. The van der Waals surface area contributed by atoms with Crippen LogP contribution in [0.5, 0.6) is 0 Å². The van der Waals surface area contributed by atoms with E-state index in [0.717, 1.165) is 5.75 Å². The van der Waals surface area contributed by atoms with Crippen molar-refractivity contribution in [3.63, 3.8) is 0 Å². The molecule has 0 saturated heterocycles. The van der Waals surface area contributed by atoms with Crippen LogP contribution in [0.1, 0.15) is 26.3 Å². The Balaban J connectivity index is 1.75. The van der Waals surface area contributed by atoms with Crippen molar-refractivity contribution < 1.29 is 9.59 Å². The third-order valence-corrected chi connectivity index (χ3v) is 4.71. The lowest BCUT2D eigenvalue weighted by atomic mass is 10.1. The summed E-state index contributed by atoms with van der Waals surface area (Å²) >= 11 is 1.68. The zero-order valence-corrected chi connectivity index (χ0v) is 14.2. The van der Waals surface area contributed by atoms with Crippen LogP contribution in [0, 0.1) is 0 Å². The predicted molar refractivity (Wildman–Crippen MR) is 94.6 cm³/mol. The minimum absolute atomic E-state index is 0.0526. The highest BCUT2D eigenvalue weighted by Gasteiger charge is 2.34. The molecule has 0 saturated carbocycles. The average Bonchev–Trinajstić information content (AvgIpc) is 2.84. The topological polar surface area (TPSA) is 59.4 Å². The quantitative estimate of drug-likeness (QED) is 0.754. The zero-order chi connectivity index (χ0) is 17.1. The monoisotopic (exact) mass is 342 g/mol. The van der Waals surface area contributed by atoms with Gasteiger partial charge in [0, 0.05) is 30.6 Å². The zero-order valence-electron chi connectivity index (χ0n) is 13.4. The molecule has 3 rings (SSSR count). The minimum Gasteiger partial charge on any atom is -0.314 e. The molecule has 2 aromatic rings. The van der Waals surface area contributed by atoms with Crippen LogP contribution in [0.25, 0.3) is 0 Å². The molecule has 124 valence electrons. The van der Waals surface area contributed by atoms with E-state index in [9.17, 15) is 14.4 Å². The molecular weight excluding hydrogens is 324 g/mol. The highest BCUT2D eigenvalue weighted by atomic mass is 32.2. The Bertz CT molecular complexity index is 809. The van der Waals surface area contributed by atoms with Crippen LogP contribution < -0.4 is 5.56 Å². The van der Waals surface area contributed by atoms with Crippen LogP contribution in [-0.2, 0) is 13.0 Å². The lowest BCUT2D eigenvalue weighted by molar-refractivity contribution is 0.0656. The maximum atomic E-state index is 12.4. The van der Waals surface area contributed by atoms with Crippen LogP contribution >= 0.6 is 11.8 Å². The predicted octanol–water partition coefficient (Wildman–Crippen LogP) is 2.05. The fourth-order valence-electron chi connectivity index (χ4n) is 2.82. The maximum Gasteiger partial charge on any atom is 0.261 e. The van der Waals surface area contributed by atoms with E-state index in [1.54, 1.807) is 52.9 Å². The molecule has 0 N–H and O–H groups in total. The number of imide groups is 1. The third kappa shape index (κ3) is 3.01. The number of fused-ring (bicyclic) bond motifs is 1. The van der Waals surface area contributed by atoms with Gasteiger partial charge in [-0.1, -0.05) is 18.2 Å². The van der Waals surface area contributed by atoms with E-state index in [0.29, 0.717) is 29.7 Å². The molecule has 1 aliphatic heterocycles. The van der Waals surface area contributed by atoms with Crippen LogP contribution in [0.4, 0.5) is 0 Å². The maximum absolute atomic E-state index is 12.4. The van der Waals surface area contributed by atoms with Crippen molar-refractivity contribution in [2.45, 2.75) is 13.0 Å². The normalized spacial score (nSPS) is 13.5. The number of aryl methyl sites for hydroxylation is 1. The summed E-state index contributed by atoms with van der Waals surface area (Å²) in [5.41, 5.74) is 1.44. The van der Waals surface area contributed by atoms with Gasteiger partial charge in [-0.3, -0.25) is 19.3 Å². The molecule has 0 radical (unpaired) electrons. The number of hydrogen-bond donors (Lipinski definition) is 0. The van der Waals surface area contributed by atoms with E-state index >= 15 is 0 Å². The summed E-state index contributed by atoms with van der Waals surface area (Å²) < 4.78 is 1.67. The van der Waals surface area contributed by atoms with E-state index in [4.69, 9.17) is 0 Å². The second kappa shape index (κ2) is 7.05. The van der Waals surface area contributed by atoms with Crippen LogP contribution in [-0.4, -0.2) is 39.8 Å². The molecule has 2 heterocycles. The number of rotatable bonds is 6. The summed E-state index contributed by atoms with van der Waals surface area (Å²) in [7, 11) is 0. The fraction of sp³-hybridized carbons (Fsp3) is 0.278. The van der Waals surface area contributed by atoms with Crippen molar-refractivity contribution in [2.24, 2.45) is 0 Å². The molecule has 0 spiro atoms. The van der Waals surface area contributed by atoms with Gasteiger partial charge in [0.05, 0.1) is 11.1 Å². The van der Waals surface area contributed by atoms with E-state index in [2.05, 4.69) is 0 Å². The van der Waals surface area contributed by atoms with E-state index in [1.165, 1.54) is 4.90 Å². The number of amides is 2. The number of carbonyl (C=O) groups excluding carboxylic acids is 2. The summed E-state index contributed by atoms with van der Waals surface area (Å²) in [5, 5.41) is 0. The summed E-state index contributed by atoms with van der Waals surface area (Å²) in [6.45, 7) is 0.870. The van der Waals surface area contributed by atoms with Gasteiger partial charge in [-0.05, 0) is 30.9 Å². The third-order valence-electron chi connectivity index (χ3n) is 4.12. The van der Waals surface area contributed by atoms with E-state index in [-0.39, 0.29) is 23.9 Å². The highest BCUT2D eigenvalue weighted by Crippen LogP contribution is 2.22. The number of carbonyl (C=O) groups is 2. The molecule has 6 heteroatoms. The Morgan fingerprint density at radius 2 is 1.58 bits per heavy atom. The molecular formula is C18H18N2O3S. The summed E-state index contributed by atoms with van der Waals surface area (Å²) in [5.74, 6) is 0.297. The van der Waals surface area contributed by atoms with Gasteiger partial charge in [-0.2, -0.15) is 11.8 Å². The molecule has 0 unspecified atom stereocenters. The van der Waals surface area contributed by atoms with Gasteiger partial charge >= 0.3 is 0 Å². The van der Waals surface area contributed by atoms with Crippen molar-refractivity contribution in [1.29, 1.82) is 0 Å². The Morgan fingerprint density at radius 3 is 2.21 bits per heavy atom. The molecule has 1 aliphatic rings. The smallest absolute Gasteiger partial charge is 0.261 e. The number of aromatic nitrogens is 1. The largest absolute Gasteiger partial charge is 0.314 e. The number of pyridine rings is 1. The second-order valence-electron chi connectivity index (χ2n) is 5.58. The molecule has 1 aromatic heterocycles. The van der Waals surface area contributed by atoms with Gasteiger partial charge < -0.3 is 4.57 Å². The average molecular weight is 342 g/mol. The van der Waals surface area contributed by atoms with Crippen molar-refractivity contribution in [1.82, 2.24) is 9.47 Å². The number of nitrogens with zero attached hydrogens (tertiary/aromatic N) is 2. The number of hydrogen-bond acceptors (Lipinski definition) is 4. The Morgan fingerprint density at radius 1 is 0.917 bits per heavy atom. The Hall–Kier alpha value is -2.34. The molecule has 5 nitrogen and oxygen atoms in total. The first kappa shape index (κ1) is 16.5. The molecule has 1 aromatic carbocycles. The fourth-order valence-corrected chi connectivity index (χ4v) is 3.20. The summed E-state index contributed by atoms with van der Waals surface area (Å²) in [6.07, 6.45) is 4.13. The van der Waals surface area contributed by atoms with Crippen molar-refractivity contribution >= 4 is 23.6 Å². The van der Waals surface area contributed by atoms with E-state index < -0.39 is 0 Å². The summed E-state index contributed by atoms with van der Waals surface area (Å²) in [6, 6.07) is 10.4. The lowest BCUT2D eigenvalue weighted by Gasteiger charge is -2.14. The van der Waals surface area contributed by atoms with Gasteiger partial charge in [0.2, 0.25) is 0 Å². The van der Waals surface area contributed by atoms with Gasteiger partial charge in [-0.25, -0.2) is 0 Å². The van der Waals surface area contributed by atoms with Crippen LogP contribution in [0.3, 0.4) is 0 Å². The minimum atomic E-state index is -0.283. The van der Waals surface area contributed by atoms with E-state index in [1.807, 2.05) is 12.3 Å². The second-order valence-corrected chi connectivity index (χ2v) is 6.57. The lowest BCUT2D eigenvalue weighted by Crippen LogP contribution is -2.33. The highest BCUT2D eigenvalue weighted by molar-refractivity contribution is 7.98. The van der Waals surface area contributed by atoms with Crippen LogP contribution in [0.2, 0.25) is 0 Å². The molecule has 0 bridgehead atoms. The van der Waals surface area contributed by atoms with Gasteiger partial charge in [0.15, 0.2) is 0 Å². The standard InChI is InChI=1S/C18H18N2O3S/c1-24-12-11-19-9-4-5-13(16(19)21)8-10-20-17(22)14-6-2-3-7-15(14)18(20)23/h2-7,9H,8,10-12H2,1H3. The van der Waals surface area contributed by atoms with Crippen LogP contribution in [0.15, 0.2) is 47.4 Å². The molecule has 0 fully saturated rings. The summed E-state index contributed by atoms with van der Waals surface area (Å²) in [4.78, 5) is 38.3. The first-order valence-corrected chi connectivity index (χ1v) is 9.15. The first-order chi connectivity index (χ1) is 11.6. The van der Waals surface area contributed by atoms with Gasteiger partial charge in [0.1, 0.15) is 0 Å².